The number of nitrogens with zero attached hydrogens (tertiary/aromatic N) is 3. The van der Waals surface area contributed by atoms with Gasteiger partial charge < -0.3 is 5.32 Å². The van der Waals surface area contributed by atoms with Gasteiger partial charge in [0.25, 0.3) is 0 Å². The summed E-state index contributed by atoms with van der Waals surface area (Å²) in [5, 5.41) is 7.48. The summed E-state index contributed by atoms with van der Waals surface area (Å²) in [7, 11) is 0. The van der Waals surface area contributed by atoms with Crippen molar-refractivity contribution in [1.82, 2.24) is 20.0 Å². The molecule has 0 radical (unpaired) electrons. The van der Waals surface area contributed by atoms with Crippen LogP contribution >= 0.6 is 15.9 Å². The van der Waals surface area contributed by atoms with Crippen molar-refractivity contribution in [3.63, 3.8) is 0 Å². The van der Waals surface area contributed by atoms with Crippen LogP contribution in [0.15, 0.2) is 4.47 Å². The average molecular weight is 357 g/mol. The van der Waals surface area contributed by atoms with Gasteiger partial charge in [-0.2, -0.15) is 5.10 Å². The lowest BCUT2D eigenvalue weighted by Gasteiger charge is -2.32. The van der Waals surface area contributed by atoms with Crippen LogP contribution in [0.2, 0.25) is 0 Å². The third kappa shape index (κ3) is 4.30. The molecule has 0 unspecified atom stereocenters. The van der Waals surface area contributed by atoms with E-state index < -0.39 is 0 Å². The third-order valence-corrected chi connectivity index (χ3v) is 5.20. The van der Waals surface area contributed by atoms with E-state index in [-0.39, 0.29) is 5.91 Å². The van der Waals surface area contributed by atoms with E-state index in [1.807, 2.05) is 6.92 Å². The molecule has 0 aliphatic carbocycles. The minimum absolute atomic E-state index is 0.0729. The fourth-order valence-electron chi connectivity index (χ4n) is 2.87. The van der Waals surface area contributed by atoms with Crippen LogP contribution < -0.4 is 5.32 Å². The van der Waals surface area contributed by atoms with Crippen molar-refractivity contribution in [3.8, 4) is 0 Å². The third-order valence-electron chi connectivity index (χ3n) is 4.17. The van der Waals surface area contributed by atoms with Crippen LogP contribution in [0.1, 0.15) is 38.1 Å². The zero-order valence-corrected chi connectivity index (χ0v) is 14.7. The predicted octanol–water partition coefficient (Wildman–Crippen LogP) is 2.32. The Morgan fingerprint density at radius 1 is 1.43 bits per heavy atom. The largest absolute Gasteiger partial charge is 0.356 e. The number of amides is 1. The zero-order chi connectivity index (χ0) is 15.4. The van der Waals surface area contributed by atoms with Crippen LogP contribution in [-0.4, -0.2) is 40.2 Å². The van der Waals surface area contributed by atoms with Gasteiger partial charge in [-0.1, -0.05) is 0 Å². The number of hydrogen-bond acceptors (Lipinski definition) is 3. The van der Waals surface area contributed by atoms with Crippen LogP contribution in [0.25, 0.3) is 0 Å². The Bertz CT molecular complexity index is 492. The summed E-state index contributed by atoms with van der Waals surface area (Å²) in [6, 6.07) is 0. The van der Waals surface area contributed by atoms with Gasteiger partial charge in [0.05, 0.1) is 15.9 Å². The van der Waals surface area contributed by atoms with Crippen LogP contribution in [0.5, 0.6) is 0 Å². The first kappa shape index (κ1) is 16.5. The maximum absolute atomic E-state index is 11.0. The predicted molar refractivity (Wildman–Crippen MR) is 87.0 cm³/mol. The number of aromatic nitrogens is 2. The van der Waals surface area contributed by atoms with Crippen molar-refractivity contribution in [1.29, 1.82) is 0 Å². The molecular formula is C15H25BrN4O. The number of hydrogen-bond donors (Lipinski definition) is 1. The number of piperidine rings is 1. The summed E-state index contributed by atoms with van der Waals surface area (Å²) < 4.78 is 3.23. The van der Waals surface area contributed by atoms with Crippen molar-refractivity contribution >= 4 is 21.8 Å². The lowest BCUT2D eigenvalue weighted by Crippen LogP contribution is -2.38. The standard InChI is InChI=1S/C15H25BrN4O/c1-4-20-14(15(16)11(2)18-20)10-19-7-5-13(6-8-19)9-17-12(3)21/h13H,4-10H2,1-3H3,(H,17,21). The van der Waals surface area contributed by atoms with Crippen LogP contribution in [0, 0.1) is 12.8 Å². The fraction of sp³-hybridized carbons (Fsp3) is 0.733. The number of carbonyl (C=O) groups excluding carboxylic acids is 1. The Kier molecular flexibility index (Phi) is 5.81. The molecule has 0 bridgehead atoms. The highest BCUT2D eigenvalue weighted by molar-refractivity contribution is 9.10. The molecule has 1 saturated heterocycles. The molecule has 2 rings (SSSR count). The van der Waals surface area contributed by atoms with Gasteiger partial charge >= 0.3 is 0 Å². The fourth-order valence-corrected chi connectivity index (χ4v) is 3.28. The molecule has 1 aromatic heterocycles. The lowest BCUT2D eigenvalue weighted by molar-refractivity contribution is -0.119. The van der Waals surface area contributed by atoms with Gasteiger partial charge in [-0.15, -0.1) is 0 Å². The van der Waals surface area contributed by atoms with Crippen molar-refractivity contribution in [2.45, 2.75) is 46.7 Å². The number of carbonyl (C=O) groups is 1. The second-order valence-electron chi connectivity index (χ2n) is 5.82. The van der Waals surface area contributed by atoms with Crippen LogP contribution in [-0.2, 0) is 17.9 Å². The molecule has 0 spiro atoms. The SMILES string of the molecule is CCn1nc(C)c(Br)c1CN1CCC(CNC(C)=O)CC1. The van der Waals surface area contributed by atoms with Crippen molar-refractivity contribution in [3.05, 3.63) is 15.9 Å². The normalized spacial score (nSPS) is 17.1. The smallest absolute Gasteiger partial charge is 0.216 e. The summed E-state index contributed by atoms with van der Waals surface area (Å²) >= 11 is 3.66. The summed E-state index contributed by atoms with van der Waals surface area (Å²) in [5.74, 6) is 0.690. The molecule has 0 atom stereocenters. The number of halogens is 1. The van der Waals surface area contributed by atoms with E-state index in [4.69, 9.17) is 0 Å². The van der Waals surface area contributed by atoms with Crippen molar-refractivity contribution < 1.29 is 4.79 Å². The molecule has 1 amide bonds. The Morgan fingerprint density at radius 3 is 2.67 bits per heavy atom. The molecule has 1 aromatic rings. The minimum atomic E-state index is 0.0729. The Hall–Kier alpha value is -0.880. The van der Waals surface area contributed by atoms with Gasteiger partial charge in [-0.3, -0.25) is 14.4 Å². The van der Waals surface area contributed by atoms with Crippen LogP contribution in [0.3, 0.4) is 0 Å². The molecule has 118 valence electrons. The molecule has 1 aliphatic rings. The van der Waals surface area contributed by atoms with Crippen molar-refractivity contribution in [2.24, 2.45) is 5.92 Å². The van der Waals surface area contributed by atoms with Gasteiger partial charge in [-0.25, -0.2) is 0 Å². The van der Waals surface area contributed by atoms with Gasteiger partial charge in [0.1, 0.15) is 0 Å². The maximum Gasteiger partial charge on any atom is 0.216 e. The maximum atomic E-state index is 11.0. The molecule has 2 heterocycles. The van der Waals surface area contributed by atoms with E-state index in [1.54, 1.807) is 6.92 Å². The first-order chi connectivity index (χ1) is 10.0. The van der Waals surface area contributed by atoms with Gasteiger partial charge in [-0.05, 0) is 61.6 Å². The summed E-state index contributed by atoms with van der Waals surface area (Å²) in [4.78, 5) is 13.4. The monoisotopic (exact) mass is 356 g/mol. The molecule has 21 heavy (non-hydrogen) atoms. The first-order valence-corrected chi connectivity index (χ1v) is 8.49. The highest BCUT2D eigenvalue weighted by Crippen LogP contribution is 2.25. The second-order valence-corrected chi connectivity index (χ2v) is 6.61. The molecular weight excluding hydrogens is 332 g/mol. The highest BCUT2D eigenvalue weighted by Gasteiger charge is 2.22. The van der Waals surface area contributed by atoms with E-state index >= 15 is 0 Å². The van der Waals surface area contributed by atoms with E-state index in [0.717, 1.165) is 55.7 Å². The molecule has 1 aliphatic heterocycles. The van der Waals surface area contributed by atoms with Gasteiger partial charge in [0, 0.05) is 26.6 Å². The van der Waals surface area contributed by atoms with Crippen molar-refractivity contribution in [2.75, 3.05) is 19.6 Å². The summed E-state index contributed by atoms with van der Waals surface area (Å²) in [6.07, 6.45) is 2.30. The summed E-state index contributed by atoms with van der Waals surface area (Å²) in [5.41, 5.74) is 2.34. The van der Waals surface area contributed by atoms with Gasteiger partial charge in [0.15, 0.2) is 0 Å². The van der Waals surface area contributed by atoms with E-state index in [1.165, 1.54) is 5.69 Å². The van der Waals surface area contributed by atoms with E-state index in [2.05, 4.69) is 42.9 Å². The van der Waals surface area contributed by atoms with E-state index in [0.29, 0.717) is 5.92 Å². The Morgan fingerprint density at radius 2 is 2.10 bits per heavy atom. The molecule has 0 aromatic carbocycles. The number of likely N-dealkylation sites (tertiary alicyclic amines) is 1. The lowest BCUT2D eigenvalue weighted by atomic mass is 9.96. The molecule has 5 nitrogen and oxygen atoms in total. The van der Waals surface area contributed by atoms with Crippen LogP contribution in [0.4, 0.5) is 0 Å². The number of nitrogens with one attached hydrogen (secondary N) is 1. The Labute approximate surface area is 135 Å². The highest BCUT2D eigenvalue weighted by atomic mass is 79.9. The average Bonchev–Trinajstić information content (AvgIpc) is 2.74. The first-order valence-electron chi connectivity index (χ1n) is 7.69. The Balaban J connectivity index is 1.87. The molecule has 0 saturated carbocycles. The summed E-state index contributed by atoms with van der Waals surface area (Å²) in [6.45, 7) is 10.6. The molecule has 6 heteroatoms. The zero-order valence-electron chi connectivity index (χ0n) is 13.2. The second kappa shape index (κ2) is 7.40. The topological polar surface area (TPSA) is 50.2 Å². The molecule has 1 fully saturated rings. The van der Waals surface area contributed by atoms with E-state index in [9.17, 15) is 4.79 Å². The quantitative estimate of drug-likeness (QED) is 0.880. The minimum Gasteiger partial charge on any atom is -0.356 e. The van der Waals surface area contributed by atoms with Gasteiger partial charge in [0.2, 0.25) is 5.91 Å². The molecule has 1 N–H and O–H groups in total. The number of rotatable bonds is 5. The number of aryl methyl sites for hydroxylation is 2.